The molecule has 1 unspecified atom stereocenters. The van der Waals surface area contributed by atoms with Gasteiger partial charge in [-0.1, -0.05) is 61.5 Å². The lowest BCUT2D eigenvalue weighted by molar-refractivity contribution is 0.549. The smallest absolute Gasteiger partial charge is 0.212 e. The Kier molecular flexibility index (Phi) is 5.15. The average Bonchev–Trinajstić information content (AvgIpc) is 2.48. The second-order valence-corrected chi connectivity index (χ2v) is 6.93. The van der Waals surface area contributed by atoms with Crippen molar-refractivity contribution in [3.05, 3.63) is 71.3 Å². The Bertz CT molecular complexity index is 681. The molecule has 2 rings (SSSR count). The van der Waals surface area contributed by atoms with Gasteiger partial charge >= 0.3 is 0 Å². The van der Waals surface area contributed by atoms with E-state index in [1.165, 1.54) is 0 Å². The van der Waals surface area contributed by atoms with Crippen molar-refractivity contribution in [2.24, 2.45) is 0 Å². The Morgan fingerprint density at radius 1 is 1.00 bits per heavy atom. The van der Waals surface area contributed by atoms with E-state index in [-0.39, 0.29) is 11.8 Å². The summed E-state index contributed by atoms with van der Waals surface area (Å²) in [6.07, 6.45) is 0.719. The Labute approximate surface area is 127 Å². The molecule has 0 saturated heterocycles. The number of rotatable bonds is 6. The fourth-order valence-corrected chi connectivity index (χ4v) is 3.86. The minimum atomic E-state index is -3.37. The molecule has 0 radical (unpaired) electrons. The van der Waals surface area contributed by atoms with Crippen molar-refractivity contribution in [1.29, 1.82) is 0 Å². The fraction of sp³-hybridized carbons (Fsp3) is 0.294. The van der Waals surface area contributed by atoms with E-state index in [0.29, 0.717) is 0 Å². The maximum Gasteiger partial charge on any atom is 0.216 e. The summed E-state index contributed by atoms with van der Waals surface area (Å²) in [5, 5.41) is 0. The van der Waals surface area contributed by atoms with E-state index in [9.17, 15) is 8.42 Å². The molecule has 112 valence electrons. The summed E-state index contributed by atoms with van der Waals surface area (Å²) in [6.45, 7) is 3.91. The van der Waals surface area contributed by atoms with Crippen molar-refractivity contribution in [3.8, 4) is 0 Å². The average molecular weight is 303 g/mol. The third-order valence-electron chi connectivity index (χ3n) is 3.54. The van der Waals surface area contributed by atoms with Gasteiger partial charge in [0.05, 0.1) is 5.75 Å². The lowest BCUT2D eigenvalue weighted by Crippen LogP contribution is -2.29. The zero-order valence-electron chi connectivity index (χ0n) is 12.4. The number of hydrogen-bond acceptors (Lipinski definition) is 2. The molecule has 0 aromatic heterocycles. The quantitative estimate of drug-likeness (QED) is 0.887. The molecule has 4 heteroatoms. The minimum absolute atomic E-state index is 0.0169. The molecule has 0 spiro atoms. The molecule has 0 heterocycles. The minimum Gasteiger partial charge on any atom is -0.212 e. The maximum absolute atomic E-state index is 12.4. The summed E-state index contributed by atoms with van der Waals surface area (Å²) in [5.74, 6) is 0.0169. The molecule has 0 saturated carbocycles. The highest BCUT2D eigenvalue weighted by molar-refractivity contribution is 7.88. The van der Waals surface area contributed by atoms with Crippen LogP contribution in [0.25, 0.3) is 0 Å². The maximum atomic E-state index is 12.4. The molecule has 0 amide bonds. The van der Waals surface area contributed by atoms with Crippen molar-refractivity contribution in [1.82, 2.24) is 4.72 Å². The molecule has 3 nitrogen and oxygen atoms in total. The second kappa shape index (κ2) is 6.87. The van der Waals surface area contributed by atoms with Crippen molar-refractivity contribution >= 4 is 10.0 Å². The highest BCUT2D eigenvalue weighted by Crippen LogP contribution is 2.19. The zero-order chi connectivity index (χ0) is 15.3. The van der Waals surface area contributed by atoms with Gasteiger partial charge in [-0.25, -0.2) is 13.1 Å². The first-order valence-electron chi connectivity index (χ1n) is 7.11. The Hall–Kier alpha value is -1.65. The Balaban J connectivity index is 2.15. The van der Waals surface area contributed by atoms with E-state index in [2.05, 4.69) is 4.72 Å². The largest absolute Gasteiger partial charge is 0.216 e. The van der Waals surface area contributed by atoms with Crippen LogP contribution >= 0.6 is 0 Å². The first kappa shape index (κ1) is 15.7. The van der Waals surface area contributed by atoms with Crippen LogP contribution in [-0.4, -0.2) is 8.42 Å². The predicted octanol–water partition coefficient (Wildman–Crippen LogP) is 3.57. The summed E-state index contributed by atoms with van der Waals surface area (Å²) in [7, 11) is -3.37. The van der Waals surface area contributed by atoms with E-state index >= 15 is 0 Å². The second-order valence-electron chi connectivity index (χ2n) is 5.17. The molecule has 0 aliphatic heterocycles. The normalized spacial score (nSPS) is 13.0. The summed E-state index contributed by atoms with van der Waals surface area (Å²) < 4.78 is 27.6. The molecule has 1 N–H and O–H groups in total. The summed E-state index contributed by atoms with van der Waals surface area (Å²) >= 11 is 0. The van der Waals surface area contributed by atoms with Crippen LogP contribution in [0.3, 0.4) is 0 Å². The lowest BCUT2D eigenvalue weighted by Gasteiger charge is -2.18. The van der Waals surface area contributed by atoms with Gasteiger partial charge in [-0.3, -0.25) is 0 Å². The van der Waals surface area contributed by atoms with Crippen molar-refractivity contribution < 1.29 is 8.42 Å². The fourth-order valence-electron chi connectivity index (χ4n) is 2.31. The molecule has 2 aromatic rings. The molecule has 21 heavy (non-hydrogen) atoms. The molecular weight excluding hydrogens is 282 g/mol. The van der Waals surface area contributed by atoms with E-state index in [1.54, 1.807) is 0 Å². The Morgan fingerprint density at radius 3 is 2.24 bits per heavy atom. The SMILES string of the molecule is CCC(NS(=O)(=O)Cc1ccccc1C)c1ccccc1. The molecule has 0 fully saturated rings. The molecule has 2 aromatic carbocycles. The van der Waals surface area contributed by atoms with E-state index in [0.717, 1.165) is 23.1 Å². The zero-order valence-corrected chi connectivity index (χ0v) is 13.2. The first-order valence-corrected chi connectivity index (χ1v) is 8.76. The van der Waals surface area contributed by atoms with Crippen LogP contribution in [0.5, 0.6) is 0 Å². The van der Waals surface area contributed by atoms with Gasteiger partial charge in [-0.15, -0.1) is 0 Å². The molecule has 1 atom stereocenters. The Morgan fingerprint density at radius 2 is 1.62 bits per heavy atom. The molecule has 0 aliphatic carbocycles. The van der Waals surface area contributed by atoms with Gasteiger partial charge in [0.2, 0.25) is 10.0 Å². The van der Waals surface area contributed by atoms with Crippen molar-refractivity contribution in [2.75, 3.05) is 0 Å². The van der Waals surface area contributed by atoms with Gasteiger partial charge in [-0.2, -0.15) is 0 Å². The molecule has 0 bridgehead atoms. The van der Waals surface area contributed by atoms with Crippen LogP contribution in [0, 0.1) is 6.92 Å². The van der Waals surface area contributed by atoms with Crippen LogP contribution in [0.4, 0.5) is 0 Å². The summed E-state index contributed by atoms with van der Waals surface area (Å²) in [6, 6.07) is 17.1. The van der Waals surface area contributed by atoms with Crippen LogP contribution in [0.2, 0.25) is 0 Å². The van der Waals surface area contributed by atoms with E-state index < -0.39 is 10.0 Å². The van der Waals surface area contributed by atoms with Crippen molar-refractivity contribution in [2.45, 2.75) is 32.1 Å². The third kappa shape index (κ3) is 4.41. The summed E-state index contributed by atoms with van der Waals surface area (Å²) in [4.78, 5) is 0. The third-order valence-corrected chi connectivity index (χ3v) is 4.87. The number of aryl methyl sites for hydroxylation is 1. The van der Waals surface area contributed by atoms with Crippen LogP contribution in [0.15, 0.2) is 54.6 Å². The number of nitrogens with one attached hydrogen (secondary N) is 1. The highest BCUT2D eigenvalue weighted by atomic mass is 32.2. The molecule has 0 aliphatic rings. The van der Waals surface area contributed by atoms with Gasteiger partial charge in [0, 0.05) is 6.04 Å². The highest BCUT2D eigenvalue weighted by Gasteiger charge is 2.19. The van der Waals surface area contributed by atoms with Gasteiger partial charge < -0.3 is 0 Å². The van der Waals surface area contributed by atoms with Gasteiger partial charge in [0.15, 0.2) is 0 Å². The van der Waals surface area contributed by atoms with Crippen LogP contribution in [-0.2, 0) is 15.8 Å². The molecular formula is C17H21NO2S. The van der Waals surface area contributed by atoms with E-state index in [4.69, 9.17) is 0 Å². The topological polar surface area (TPSA) is 46.2 Å². The van der Waals surface area contributed by atoms with Gasteiger partial charge in [0.1, 0.15) is 0 Å². The lowest BCUT2D eigenvalue weighted by atomic mass is 10.1. The van der Waals surface area contributed by atoms with Gasteiger partial charge in [0.25, 0.3) is 0 Å². The van der Waals surface area contributed by atoms with Crippen molar-refractivity contribution in [3.63, 3.8) is 0 Å². The number of sulfonamides is 1. The standard InChI is InChI=1S/C17H21NO2S/c1-3-17(15-10-5-4-6-11-15)18-21(19,20)13-16-12-8-7-9-14(16)2/h4-12,17-18H,3,13H2,1-2H3. The number of hydrogen-bond donors (Lipinski definition) is 1. The van der Waals surface area contributed by atoms with Gasteiger partial charge in [-0.05, 0) is 30.0 Å². The van der Waals surface area contributed by atoms with E-state index in [1.807, 2.05) is 68.4 Å². The predicted molar refractivity (Wildman–Crippen MR) is 86.4 cm³/mol. The summed E-state index contributed by atoms with van der Waals surface area (Å²) in [5.41, 5.74) is 2.83. The van der Waals surface area contributed by atoms with Crippen LogP contribution in [0.1, 0.15) is 36.1 Å². The van der Waals surface area contributed by atoms with Crippen LogP contribution < -0.4 is 4.72 Å². The number of benzene rings is 2. The monoisotopic (exact) mass is 303 g/mol. The first-order chi connectivity index (χ1) is 10.0.